The SMILES string of the molecule is CCOC(=O)C1=C(OC(c2ccccc2)C(O)c2ccc(Cl)cc2)NNN1. The first kappa shape index (κ1) is 19.0. The predicted octanol–water partition coefficient (Wildman–Crippen LogP) is 2.48. The van der Waals surface area contributed by atoms with Gasteiger partial charge in [-0.2, -0.15) is 0 Å². The van der Waals surface area contributed by atoms with E-state index < -0.39 is 18.2 Å². The second kappa shape index (κ2) is 8.77. The fourth-order valence-electron chi connectivity index (χ4n) is 2.62. The lowest BCUT2D eigenvalue weighted by atomic mass is 9.98. The normalized spacial score (nSPS) is 15.5. The standard InChI is InChI=1S/C19H20ClN3O4/c1-2-26-19(25)15-18(22-23-21-15)27-17(13-6-4-3-5-7-13)16(24)12-8-10-14(20)11-9-12/h3-11,16-17,21-24H,2H2,1H3. The lowest BCUT2D eigenvalue weighted by molar-refractivity contribution is -0.139. The van der Waals surface area contributed by atoms with Gasteiger partial charge in [-0.25, -0.2) is 4.79 Å². The van der Waals surface area contributed by atoms with Crippen molar-refractivity contribution in [3.63, 3.8) is 0 Å². The monoisotopic (exact) mass is 389 g/mol. The molecule has 0 saturated heterocycles. The molecule has 0 aliphatic carbocycles. The van der Waals surface area contributed by atoms with Crippen LogP contribution in [0.3, 0.4) is 0 Å². The number of hydrogen-bond donors (Lipinski definition) is 4. The predicted molar refractivity (Wildman–Crippen MR) is 99.7 cm³/mol. The molecule has 0 fully saturated rings. The van der Waals surface area contributed by atoms with Crippen LogP contribution >= 0.6 is 11.6 Å². The molecule has 2 unspecified atom stereocenters. The Kier molecular flexibility index (Phi) is 6.18. The summed E-state index contributed by atoms with van der Waals surface area (Å²) in [7, 11) is 0. The van der Waals surface area contributed by atoms with E-state index in [1.54, 1.807) is 31.2 Å². The Balaban J connectivity index is 1.92. The van der Waals surface area contributed by atoms with Crippen LogP contribution in [0.2, 0.25) is 5.02 Å². The molecule has 0 amide bonds. The van der Waals surface area contributed by atoms with E-state index in [2.05, 4.69) is 16.4 Å². The van der Waals surface area contributed by atoms with Crippen molar-refractivity contribution in [3.05, 3.63) is 82.3 Å². The van der Waals surface area contributed by atoms with Crippen molar-refractivity contribution in [1.82, 2.24) is 16.4 Å². The number of hydrogen-bond acceptors (Lipinski definition) is 7. The Morgan fingerprint density at radius 1 is 1.07 bits per heavy atom. The van der Waals surface area contributed by atoms with Crippen molar-refractivity contribution in [2.24, 2.45) is 0 Å². The van der Waals surface area contributed by atoms with Gasteiger partial charge in [-0.3, -0.25) is 10.9 Å². The number of rotatable bonds is 7. The molecule has 1 heterocycles. The molecule has 0 aromatic heterocycles. The zero-order valence-corrected chi connectivity index (χ0v) is 15.4. The fraction of sp³-hybridized carbons (Fsp3) is 0.211. The first-order valence-corrected chi connectivity index (χ1v) is 8.81. The molecular formula is C19H20ClN3O4. The van der Waals surface area contributed by atoms with Crippen LogP contribution in [0.15, 0.2) is 66.2 Å². The van der Waals surface area contributed by atoms with Crippen molar-refractivity contribution in [3.8, 4) is 0 Å². The van der Waals surface area contributed by atoms with Crippen LogP contribution in [0.5, 0.6) is 0 Å². The lowest BCUT2D eigenvalue weighted by Gasteiger charge is -2.25. The van der Waals surface area contributed by atoms with E-state index in [1.807, 2.05) is 30.3 Å². The molecule has 0 bridgehead atoms. The van der Waals surface area contributed by atoms with Crippen LogP contribution in [0.1, 0.15) is 30.3 Å². The summed E-state index contributed by atoms with van der Waals surface area (Å²) < 4.78 is 11.0. The number of carbonyl (C=O) groups excluding carboxylic acids is 1. The summed E-state index contributed by atoms with van der Waals surface area (Å²) in [4.78, 5) is 12.1. The number of benzene rings is 2. The smallest absolute Gasteiger partial charge is 0.361 e. The minimum absolute atomic E-state index is 0.0982. The van der Waals surface area contributed by atoms with E-state index in [4.69, 9.17) is 21.1 Å². The van der Waals surface area contributed by atoms with Gasteiger partial charge in [0.1, 0.15) is 6.10 Å². The third-order valence-corrected chi connectivity index (χ3v) is 4.19. The third kappa shape index (κ3) is 4.51. The summed E-state index contributed by atoms with van der Waals surface area (Å²) in [5, 5.41) is 11.5. The second-order valence-corrected chi connectivity index (χ2v) is 6.18. The summed E-state index contributed by atoms with van der Waals surface area (Å²) in [6.07, 6.45) is -1.77. The molecule has 27 heavy (non-hydrogen) atoms. The first-order valence-electron chi connectivity index (χ1n) is 8.43. The van der Waals surface area contributed by atoms with Crippen LogP contribution < -0.4 is 16.4 Å². The zero-order chi connectivity index (χ0) is 19.2. The molecule has 0 saturated carbocycles. The van der Waals surface area contributed by atoms with E-state index in [-0.39, 0.29) is 18.2 Å². The largest absolute Gasteiger partial charge is 0.465 e. The van der Waals surface area contributed by atoms with Crippen molar-refractivity contribution in [1.29, 1.82) is 0 Å². The molecule has 2 aromatic carbocycles. The minimum Gasteiger partial charge on any atom is -0.465 e. The molecule has 2 aromatic rings. The molecule has 4 N–H and O–H groups in total. The van der Waals surface area contributed by atoms with Gasteiger partial charge in [0, 0.05) is 5.02 Å². The summed E-state index contributed by atoms with van der Waals surface area (Å²) >= 11 is 5.94. The van der Waals surface area contributed by atoms with Crippen LogP contribution in [-0.2, 0) is 14.3 Å². The number of esters is 1. The van der Waals surface area contributed by atoms with Gasteiger partial charge in [-0.1, -0.05) is 54.1 Å². The highest BCUT2D eigenvalue weighted by Gasteiger charge is 2.30. The van der Waals surface area contributed by atoms with E-state index in [1.165, 1.54) is 0 Å². The van der Waals surface area contributed by atoms with Gasteiger partial charge < -0.3 is 14.6 Å². The highest BCUT2D eigenvalue weighted by Crippen LogP contribution is 2.34. The van der Waals surface area contributed by atoms with E-state index in [0.717, 1.165) is 5.56 Å². The molecule has 0 spiro atoms. The third-order valence-electron chi connectivity index (χ3n) is 3.94. The van der Waals surface area contributed by atoms with Crippen LogP contribution in [0.4, 0.5) is 0 Å². The zero-order valence-electron chi connectivity index (χ0n) is 14.6. The van der Waals surface area contributed by atoms with E-state index >= 15 is 0 Å². The Hall–Kier alpha value is -2.74. The van der Waals surface area contributed by atoms with Gasteiger partial charge in [0.05, 0.1) is 6.61 Å². The highest BCUT2D eigenvalue weighted by molar-refractivity contribution is 6.30. The fourth-order valence-corrected chi connectivity index (χ4v) is 2.75. The maximum Gasteiger partial charge on any atom is 0.361 e. The Bertz CT molecular complexity index is 811. The molecule has 2 atom stereocenters. The van der Waals surface area contributed by atoms with E-state index in [0.29, 0.717) is 10.6 Å². The number of nitrogens with one attached hydrogen (secondary N) is 3. The van der Waals surface area contributed by atoms with Crippen molar-refractivity contribution >= 4 is 17.6 Å². The van der Waals surface area contributed by atoms with Crippen LogP contribution in [-0.4, -0.2) is 17.7 Å². The maximum atomic E-state index is 12.1. The number of carbonyl (C=O) groups is 1. The van der Waals surface area contributed by atoms with Crippen molar-refractivity contribution in [2.45, 2.75) is 19.1 Å². The molecule has 1 aliphatic rings. The summed E-state index contributed by atoms with van der Waals surface area (Å²) in [6, 6.07) is 16.1. The van der Waals surface area contributed by atoms with Crippen LogP contribution in [0.25, 0.3) is 0 Å². The van der Waals surface area contributed by atoms with Gasteiger partial charge in [0.25, 0.3) is 0 Å². The van der Waals surface area contributed by atoms with Crippen LogP contribution in [0, 0.1) is 0 Å². The number of ether oxygens (including phenoxy) is 2. The molecule has 1 aliphatic heterocycles. The van der Waals surface area contributed by atoms with E-state index in [9.17, 15) is 9.90 Å². The van der Waals surface area contributed by atoms with Gasteiger partial charge in [-0.05, 0) is 30.2 Å². The summed E-state index contributed by atoms with van der Waals surface area (Å²) in [5.74, 6) is -0.437. The number of hydrazine groups is 2. The van der Waals surface area contributed by atoms with Gasteiger partial charge >= 0.3 is 5.97 Å². The average Bonchev–Trinajstić information content (AvgIpc) is 3.15. The first-order chi connectivity index (χ1) is 13.1. The number of halogens is 1. The molecule has 8 heteroatoms. The second-order valence-electron chi connectivity index (χ2n) is 5.75. The quantitative estimate of drug-likeness (QED) is 0.541. The molecule has 3 rings (SSSR count). The average molecular weight is 390 g/mol. The summed E-state index contributed by atoms with van der Waals surface area (Å²) in [6.45, 7) is 1.94. The molecular weight excluding hydrogens is 370 g/mol. The highest BCUT2D eigenvalue weighted by atomic mass is 35.5. The minimum atomic E-state index is -0.997. The van der Waals surface area contributed by atoms with Gasteiger partial charge in [-0.15, -0.1) is 5.53 Å². The van der Waals surface area contributed by atoms with Gasteiger partial charge in [0.15, 0.2) is 11.8 Å². The Labute approximate surface area is 161 Å². The molecule has 142 valence electrons. The topological polar surface area (TPSA) is 91.9 Å². The van der Waals surface area contributed by atoms with Crippen molar-refractivity contribution < 1.29 is 19.4 Å². The Morgan fingerprint density at radius 3 is 2.44 bits per heavy atom. The Morgan fingerprint density at radius 2 is 1.78 bits per heavy atom. The van der Waals surface area contributed by atoms with Crippen molar-refractivity contribution in [2.75, 3.05) is 6.61 Å². The maximum absolute atomic E-state index is 12.1. The van der Waals surface area contributed by atoms with Gasteiger partial charge in [0.2, 0.25) is 5.88 Å². The lowest BCUT2D eigenvalue weighted by Crippen LogP contribution is -2.34. The molecule has 0 radical (unpaired) electrons. The molecule has 7 nitrogen and oxygen atoms in total. The summed E-state index contributed by atoms with van der Waals surface area (Å²) in [5.41, 5.74) is 9.45. The number of aliphatic hydroxyl groups is 1. The number of aliphatic hydroxyl groups excluding tert-OH is 1.